The minimum absolute atomic E-state index is 0.121. The van der Waals surface area contributed by atoms with E-state index >= 15 is 0 Å². The molecule has 94 valence electrons. The first-order valence-electron chi connectivity index (χ1n) is 5.48. The summed E-state index contributed by atoms with van der Waals surface area (Å²) in [6, 6.07) is 9.24. The minimum atomic E-state index is -3.26. The second-order valence-electron chi connectivity index (χ2n) is 4.27. The van der Waals surface area contributed by atoms with E-state index < -0.39 is 15.6 Å². The molecular formula is C13H13NO3S. The van der Waals surface area contributed by atoms with E-state index in [-0.39, 0.29) is 12.2 Å². The van der Waals surface area contributed by atoms with Crippen LogP contribution in [0.15, 0.2) is 36.5 Å². The highest BCUT2D eigenvalue weighted by Gasteiger charge is 2.13. The van der Waals surface area contributed by atoms with Crippen LogP contribution in [0.2, 0.25) is 0 Å². The predicted octanol–water partition coefficient (Wildman–Crippen LogP) is 1.39. The Bertz CT molecular complexity index is 687. The summed E-state index contributed by atoms with van der Waals surface area (Å²) in [4.78, 5) is 15.9. The van der Waals surface area contributed by atoms with Gasteiger partial charge in [-0.25, -0.2) is 8.42 Å². The van der Waals surface area contributed by atoms with Crippen LogP contribution < -0.4 is 0 Å². The number of sulfone groups is 1. The van der Waals surface area contributed by atoms with Crippen LogP contribution in [0.3, 0.4) is 0 Å². The highest BCUT2D eigenvalue weighted by molar-refractivity contribution is 7.91. The van der Waals surface area contributed by atoms with Gasteiger partial charge < -0.3 is 0 Å². The monoisotopic (exact) mass is 263 g/mol. The Labute approximate surface area is 106 Å². The number of Topliss-reactive ketones (excluding diaryl/α,β-unsaturated/α-hetero) is 1. The van der Waals surface area contributed by atoms with Crippen molar-refractivity contribution >= 4 is 26.5 Å². The van der Waals surface area contributed by atoms with Crippen LogP contribution in [-0.4, -0.2) is 31.2 Å². The van der Waals surface area contributed by atoms with Gasteiger partial charge in [0.2, 0.25) is 0 Å². The first-order chi connectivity index (χ1) is 8.46. The number of aromatic nitrogens is 1. The zero-order valence-corrected chi connectivity index (χ0v) is 10.8. The number of nitrogens with zero attached hydrogens (tertiary/aromatic N) is 1. The van der Waals surface area contributed by atoms with Crippen molar-refractivity contribution in [1.82, 2.24) is 4.98 Å². The quantitative estimate of drug-likeness (QED) is 0.836. The first kappa shape index (κ1) is 12.7. The molecule has 4 nitrogen and oxygen atoms in total. The molecule has 18 heavy (non-hydrogen) atoms. The Hall–Kier alpha value is -1.75. The van der Waals surface area contributed by atoms with Gasteiger partial charge in [-0.05, 0) is 17.7 Å². The van der Waals surface area contributed by atoms with E-state index in [0.29, 0.717) is 0 Å². The Balaban J connectivity index is 2.30. The number of ketones is 1. The summed E-state index contributed by atoms with van der Waals surface area (Å²) in [6.45, 7) is 0. The molecule has 0 atom stereocenters. The maximum Gasteiger partial charge on any atom is 0.154 e. The van der Waals surface area contributed by atoms with Gasteiger partial charge in [0.1, 0.15) is 5.75 Å². The number of para-hydroxylation sites is 1. The molecule has 0 unspecified atom stereocenters. The van der Waals surface area contributed by atoms with Crippen LogP contribution in [0.1, 0.15) is 5.56 Å². The summed E-state index contributed by atoms with van der Waals surface area (Å²) < 4.78 is 22.1. The fourth-order valence-corrected chi connectivity index (χ4v) is 2.55. The van der Waals surface area contributed by atoms with Gasteiger partial charge in [0.05, 0.1) is 5.52 Å². The summed E-state index contributed by atoms with van der Waals surface area (Å²) >= 11 is 0. The molecule has 1 aromatic carbocycles. The van der Waals surface area contributed by atoms with Gasteiger partial charge in [-0.3, -0.25) is 9.78 Å². The Kier molecular flexibility index (Phi) is 3.43. The lowest BCUT2D eigenvalue weighted by Gasteiger charge is -2.04. The van der Waals surface area contributed by atoms with Crippen LogP contribution in [0.5, 0.6) is 0 Å². The summed E-state index contributed by atoms with van der Waals surface area (Å²) in [7, 11) is -3.26. The fourth-order valence-electron chi connectivity index (χ4n) is 1.87. The average Bonchev–Trinajstić information content (AvgIpc) is 2.27. The molecule has 0 radical (unpaired) electrons. The average molecular weight is 263 g/mol. The van der Waals surface area contributed by atoms with Crippen molar-refractivity contribution in [3.05, 3.63) is 42.1 Å². The minimum Gasteiger partial charge on any atom is -0.298 e. The molecule has 0 aliphatic heterocycles. The second-order valence-corrected chi connectivity index (χ2v) is 6.41. The maximum atomic E-state index is 11.7. The standard InChI is InChI=1S/C13H13NO3S/c1-18(16,17)9-11(15)8-10-6-7-14-13-5-3-2-4-12(10)13/h2-7H,8-9H2,1H3. The van der Waals surface area contributed by atoms with E-state index in [0.717, 1.165) is 22.7 Å². The number of pyridine rings is 1. The van der Waals surface area contributed by atoms with Gasteiger partial charge in [-0.1, -0.05) is 18.2 Å². The smallest absolute Gasteiger partial charge is 0.154 e. The predicted molar refractivity (Wildman–Crippen MR) is 70.2 cm³/mol. The van der Waals surface area contributed by atoms with Crippen LogP contribution >= 0.6 is 0 Å². The number of rotatable bonds is 4. The van der Waals surface area contributed by atoms with Crippen molar-refractivity contribution in [2.75, 3.05) is 12.0 Å². The third kappa shape index (κ3) is 3.13. The molecule has 2 aromatic rings. The van der Waals surface area contributed by atoms with E-state index in [1.807, 2.05) is 24.3 Å². The van der Waals surface area contributed by atoms with Gasteiger partial charge >= 0.3 is 0 Å². The van der Waals surface area contributed by atoms with E-state index in [2.05, 4.69) is 4.98 Å². The normalized spacial score (nSPS) is 11.6. The number of hydrogen-bond donors (Lipinski definition) is 0. The van der Waals surface area contributed by atoms with E-state index in [1.165, 1.54) is 0 Å². The highest BCUT2D eigenvalue weighted by atomic mass is 32.2. The van der Waals surface area contributed by atoms with Crippen molar-refractivity contribution in [3.8, 4) is 0 Å². The van der Waals surface area contributed by atoms with Crippen molar-refractivity contribution in [1.29, 1.82) is 0 Å². The number of benzene rings is 1. The second kappa shape index (κ2) is 4.86. The number of carbonyl (C=O) groups excluding carboxylic acids is 1. The van der Waals surface area contributed by atoms with Gasteiger partial charge in [0.15, 0.2) is 15.6 Å². The zero-order valence-electron chi connectivity index (χ0n) is 9.96. The molecule has 0 N–H and O–H groups in total. The third-order valence-corrected chi connectivity index (χ3v) is 3.40. The van der Waals surface area contributed by atoms with Crippen LogP contribution in [-0.2, 0) is 21.1 Å². The Morgan fingerprint density at radius 3 is 2.67 bits per heavy atom. The molecule has 0 spiro atoms. The van der Waals surface area contributed by atoms with Crippen LogP contribution in [0.4, 0.5) is 0 Å². The molecule has 1 aromatic heterocycles. The molecule has 0 saturated heterocycles. The van der Waals surface area contributed by atoms with Crippen LogP contribution in [0, 0.1) is 0 Å². The Morgan fingerprint density at radius 1 is 1.22 bits per heavy atom. The highest BCUT2D eigenvalue weighted by Crippen LogP contribution is 2.16. The van der Waals surface area contributed by atoms with Gasteiger partial charge in [0, 0.05) is 24.3 Å². The number of hydrogen-bond acceptors (Lipinski definition) is 4. The molecule has 0 bridgehead atoms. The Morgan fingerprint density at radius 2 is 1.94 bits per heavy atom. The lowest BCUT2D eigenvalue weighted by atomic mass is 10.0. The van der Waals surface area contributed by atoms with Crippen molar-refractivity contribution in [3.63, 3.8) is 0 Å². The third-order valence-electron chi connectivity index (χ3n) is 2.55. The van der Waals surface area contributed by atoms with E-state index in [4.69, 9.17) is 0 Å². The number of fused-ring (bicyclic) bond motifs is 1. The molecule has 0 amide bonds. The molecule has 1 heterocycles. The molecule has 0 saturated carbocycles. The largest absolute Gasteiger partial charge is 0.298 e. The summed E-state index contributed by atoms with van der Waals surface area (Å²) in [5.74, 6) is -0.710. The first-order valence-corrected chi connectivity index (χ1v) is 7.54. The van der Waals surface area contributed by atoms with Gasteiger partial charge in [0.25, 0.3) is 0 Å². The van der Waals surface area contributed by atoms with Crippen molar-refractivity contribution in [2.24, 2.45) is 0 Å². The molecule has 0 aliphatic carbocycles. The number of carbonyl (C=O) groups is 1. The summed E-state index contributed by atoms with van der Waals surface area (Å²) in [6.07, 6.45) is 2.82. The van der Waals surface area contributed by atoms with E-state index in [9.17, 15) is 13.2 Å². The lowest BCUT2D eigenvalue weighted by molar-refractivity contribution is -0.116. The molecule has 0 aliphatic rings. The van der Waals surface area contributed by atoms with Crippen LogP contribution in [0.25, 0.3) is 10.9 Å². The molecule has 2 rings (SSSR count). The molecule has 5 heteroatoms. The van der Waals surface area contributed by atoms with Crippen molar-refractivity contribution in [2.45, 2.75) is 6.42 Å². The topological polar surface area (TPSA) is 64.1 Å². The van der Waals surface area contributed by atoms with Gasteiger partial charge in [-0.15, -0.1) is 0 Å². The lowest BCUT2D eigenvalue weighted by Crippen LogP contribution is -2.16. The fraction of sp³-hybridized carbons (Fsp3) is 0.231. The molecular weight excluding hydrogens is 250 g/mol. The van der Waals surface area contributed by atoms with Crippen molar-refractivity contribution < 1.29 is 13.2 Å². The molecule has 0 fully saturated rings. The zero-order chi connectivity index (χ0) is 13.2. The van der Waals surface area contributed by atoms with Gasteiger partial charge in [-0.2, -0.15) is 0 Å². The van der Waals surface area contributed by atoms with E-state index in [1.54, 1.807) is 12.3 Å². The SMILES string of the molecule is CS(=O)(=O)CC(=O)Cc1ccnc2ccccc12. The summed E-state index contributed by atoms with van der Waals surface area (Å²) in [5.41, 5.74) is 1.62. The maximum absolute atomic E-state index is 11.7. The summed E-state index contributed by atoms with van der Waals surface area (Å²) in [5, 5.41) is 0.891.